The first-order chi connectivity index (χ1) is 15.0. The van der Waals surface area contributed by atoms with Crippen molar-refractivity contribution in [2.24, 2.45) is 5.92 Å². The Morgan fingerprint density at radius 3 is 2.65 bits per heavy atom. The van der Waals surface area contributed by atoms with E-state index in [1.54, 1.807) is 12.1 Å². The largest absolute Gasteiger partial charge is 0.465 e. The maximum Gasteiger partial charge on any atom is 0.315 e. The number of nitrogens with one attached hydrogen (secondary N) is 1. The summed E-state index contributed by atoms with van der Waals surface area (Å²) in [5, 5.41) is 3.93. The minimum atomic E-state index is -0.771. The van der Waals surface area contributed by atoms with E-state index in [1.807, 2.05) is 36.4 Å². The van der Waals surface area contributed by atoms with Gasteiger partial charge in [-0.2, -0.15) is 0 Å². The van der Waals surface area contributed by atoms with Gasteiger partial charge in [0.1, 0.15) is 5.92 Å². The fourth-order valence-electron chi connectivity index (χ4n) is 4.37. The average molecular weight is 456 g/mol. The Kier molecular flexibility index (Phi) is 6.49. The third kappa shape index (κ3) is 4.41. The predicted molar refractivity (Wildman–Crippen MR) is 122 cm³/mol. The number of ketones is 1. The highest BCUT2D eigenvalue weighted by Crippen LogP contribution is 2.47. The number of Topliss-reactive ketones (excluding diaryl/α,β-unsaturated/α-hetero) is 1. The molecule has 2 atom stereocenters. The van der Waals surface area contributed by atoms with Crippen molar-refractivity contribution in [2.75, 3.05) is 6.61 Å². The third-order valence-corrected chi connectivity index (χ3v) is 6.67. The topological polar surface area (TPSA) is 55.4 Å². The number of halogens is 2. The van der Waals surface area contributed by atoms with Crippen LogP contribution in [0, 0.1) is 5.92 Å². The maximum atomic E-state index is 13.2. The zero-order valence-electron chi connectivity index (χ0n) is 17.0. The summed E-state index contributed by atoms with van der Waals surface area (Å²) in [6.07, 6.45) is 2.54. The molecule has 2 aliphatic rings. The van der Waals surface area contributed by atoms with Crippen LogP contribution in [0.4, 0.5) is 0 Å². The van der Waals surface area contributed by atoms with Crippen molar-refractivity contribution in [3.8, 4) is 0 Å². The summed E-state index contributed by atoms with van der Waals surface area (Å²) < 4.78 is 5.64. The summed E-state index contributed by atoms with van der Waals surface area (Å²) in [7, 11) is 0. The van der Waals surface area contributed by atoms with Crippen LogP contribution in [0.1, 0.15) is 36.3 Å². The molecule has 1 aliphatic carbocycles. The minimum Gasteiger partial charge on any atom is -0.465 e. The Balaban J connectivity index is 1.66. The molecule has 0 fully saturated rings. The fraction of sp³-hybridized carbons (Fsp3) is 0.280. The lowest BCUT2D eigenvalue weighted by Crippen LogP contribution is -2.41. The van der Waals surface area contributed by atoms with Crippen molar-refractivity contribution in [1.82, 2.24) is 5.32 Å². The second-order valence-corrected chi connectivity index (χ2v) is 8.61. The predicted octanol–water partition coefficient (Wildman–Crippen LogP) is 5.60. The molecule has 0 amide bonds. The molecule has 1 aliphatic heterocycles. The molecular formula is C25H23Cl2NO3. The monoisotopic (exact) mass is 455 g/mol. The van der Waals surface area contributed by atoms with Gasteiger partial charge in [0, 0.05) is 35.7 Å². The normalized spacial score (nSPS) is 20.8. The van der Waals surface area contributed by atoms with Crippen LogP contribution in [0.3, 0.4) is 0 Å². The Labute approximate surface area is 191 Å². The van der Waals surface area contributed by atoms with E-state index in [0.29, 0.717) is 39.7 Å². The second kappa shape index (κ2) is 9.29. The van der Waals surface area contributed by atoms with Gasteiger partial charge in [-0.15, -0.1) is 0 Å². The molecule has 0 saturated heterocycles. The highest BCUT2D eigenvalue weighted by Gasteiger charge is 2.44. The number of allylic oxidation sites excluding steroid dienone is 2. The summed E-state index contributed by atoms with van der Waals surface area (Å²) in [5.41, 5.74) is 3.64. The molecule has 0 saturated carbocycles. The summed E-state index contributed by atoms with van der Waals surface area (Å²) >= 11 is 12.8. The van der Waals surface area contributed by atoms with E-state index in [-0.39, 0.29) is 12.4 Å². The Morgan fingerprint density at radius 1 is 1.10 bits per heavy atom. The number of esters is 1. The molecule has 2 unspecified atom stereocenters. The number of benzene rings is 2. The number of hydrogen-bond acceptors (Lipinski definition) is 4. The first-order valence-corrected chi connectivity index (χ1v) is 11.1. The van der Waals surface area contributed by atoms with E-state index in [1.165, 1.54) is 0 Å². The van der Waals surface area contributed by atoms with Crippen LogP contribution >= 0.6 is 23.2 Å². The van der Waals surface area contributed by atoms with Gasteiger partial charge < -0.3 is 10.1 Å². The van der Waals surface area contributed by atoms with E-state index in [2.05, 4.69) is 11.9 Å². The van der Waals surface area contributed by atoms with E-state index in [0.717, 1.165) is 24.1 Å². The molecule has 1 N–H and O–H groups in total. The first-order valence-electron chi connectivity index (χ1n) is 10.3. The van der Waals surface area contributed by atoms with Crippen molar-refractivity contribution in [3.63, 3.8) is 0 Å². The highest BCUT2D eigenvalue weighted by molar-refractivity contribution is 6.42. The van der Waals surface area contributed by atoms with Crippen LogP contribution < -0.4 is 5.32 Å². The zero-order valence-corrected chi connectivity index (χ0v) is 18.5. The lowest BCUT2D eigenvalue weighted by molar-refractivity contribution is -0.147. The van der Waals surface area contributed by atoms with Gasteiger partial charge in [-0.05, 0) is 30.0 Å². The van der Waals surface area contributed by atoms with Crippen LogP contribution in [0.5, 0.6) is 0 Å². The molecule has 0 radical (unpaired) electrons. The number of rotatable bonds is 5. The molecule has 31 heavy (non-hydrogen) atoms. The van der Waals surface area contributed by atoms with E-state index in [4.69, 9.17) is 27.9 Å². The SMILES string of the molecule is C=C1NC2=C(C(=O)CCC2)C(c2cccc(Cl)c2Cl)C1C(=O)OCCc1ccccc1. The molecule has 2 aromatic rings. The molecule has 0 bridgehead atoms. The number of carbonyl (C=O) groups is 2. The van der Waals surface area contributed by atoms with Gasteiger partial charge in [0.2, 0.25) is 0 Å². The maximum absolute atomic E-state index is 13.2. The van der Waals surface area contributed by atoms with Gasteiger partial charge in [0.25, 0.3) is 0 Å². The van der Waals surface area contributed by atoms with Crippen molar-refractivity contribution in [3.05, 3.63) is 93.2 Å². The van der Waals surface area contributed by atoms with Gasteiger partial charge in [0.05, 0.1) is 16.7 Å². The molecule has 4 nitrogen and oxygen atoms in total. The van der Waals surface area contributed by atoms with Gasteiger partial charge in [-0.3, -0.25) is 9.59 Å². The van der Waals surface area contributed by atoms with Crippen LogP contribution in [-0.2, 0) is 20.7 Å². The molecule has 0 aromatic heterocycles. The van der Waals surface area contributed by atoms with Gasteiger partial charge in [-0.1, -0.05) is 72.2 Å². The van der Waals surface area contributed by atoms with E-state index in [9.17, 15) is 9.59 Å². The highest BCUT2D eigenvalue weighted by atomic mass is 35.5. The van der Waals surface area contributed by atoms with Crippen LogP contribution in [0.2, 0.25) is 10.0 Å². The number of carbonyl (C=O) groups excluding carboxylic acids is 2. The Hall–Kier alpha value is -2.56. The smallest absolute Gasteiger partial charge is 0.315 e. The second-order valence-electron chi connectivity index (χ2n) is 7.82. The number of ether oxygens (including phenoxy) is 1. The molecule has 160 valence electrons. The van der Waals surface area contributed by atoms with E-state index >= 15 is 0 Å². The van der Waals surface area contributed by atoms with Crippen LogP contribution in [-0.4, -0.2) is 18.4 Å². The Morgan fingerprint density at radius 2 is 1.87 bits per heavy atom. The molecule has 0 spiro atoms. The minimum absolute atomic E-state index is 0.0179. The van der Waals surface area contributed by atoms with E-state index < -0.39 is 17.8 Å². The quantitative estimate of drug-likeness (QED) is 0.595. The molecule has 1 heterocycles. The summed E-state index contributed by atoms with van der Waals surface area (Å²) in [5.74, 6) is -1.76. The average Bonchev–Trinajstić information content (AvgIpc) is 2.75. The number of hydrogen-bond donors (Lipinski definition) is 1. The molecule has 4 rings (SSSR count). The summed E-state index contributed by atoms with van der Waals surface area (Å²) in [6, 6.07) is 15.1. The fourth-order valence-corrected chi connectivity index (χ4v) is 4.80. The Bertz CT molecular complexity index is 1060. The van der Waals surface area contributed by atoms with Crippen molar-refractivity contribution in [2.45, 2.75) is 31.6 Å². The van der Waals surface area contributed by atoms with Gasteiger partial charge >= 0.3 is 5.97 Å². The van der Waals surface area contributed by atoms with Crippen LogP contribution in [0.15, 0.2) is 72.1 Å². The lowest BCUT2D eigenvalue weighted by Gasteiger charge is -2.38. The first kappa shape index (κ1) is 21.7. The summed E-state index contributed by atoms with van der Waals surface area (Å²) in [6.45, 7) is 4.33. The zero-order chi connectivity index (χ0) is 22.0. The molecule has 6 heteroatoms. The van der Waals surface area contributed by atoms with Gasteiger partial charge in [-0.25, -0.2) is 0 Å². The lowest BCUT2D eigenvalue weighted by atomic mass is 9.71. The summed E-state index contributed by atoms with van der Waals surface area (Å²) in [4.78, 5) is 26.2. The van der Waals surface area contributed by atoms with Gasteiger partial charge in [0.15, 0.2) is 5.78 Å². The van der Waals surface area contributed by atoms with Crippen LogP contribution in [0.25, 0.3) is 0 Å². The standard InChI is InChI=1S/C25H23Cl2NO3/c1-15-21(25(30)31-14-13-16-7-3-2-4-8-16)22(17-9-5-10-18(26)24(17)27)23-19(28-15)11-6-12-20(23)29/h2-5,7-10,21-22,28H,1,6,11-14H2. The van der Waals surface area contributed by atoms with Crippen molar-refractivity contribution in [1.29, 1.82) is 0 Å². The van der Waals surface area contributed by atoms with Crippen molar-refractivity contribution >= 4 is 35.0 Å². The molecular weight excluding hydrogens is 433 g/mol. The third-order valence-electron chi connectivity index (χ3n) is 5.84. The molecule has 2 aromatic carbocycles. The van der Waals surface area contributed by atoms with Crippen molar-refractivity contribution < 1.29 is 14.3 Å².